The van der Waals surface area contributed by atoms with Gasteiger partial charge in [-0.1, -0.05) is 0 Å². The van der Waals surface area contributed by atoms with Crippen LogP contribution >= 0.6 is 44.3 Å². The van der Waals surface area contributed by atoms with Crippen LogP contribution in [0.1, 0.15) is 11.1 Å². The van der Waals surface area contributed by atoms with Gasteiger partial charge in [0.1, 0.15) is 0 Å². The van der Waals surface area contributed by atoms with Crippen molar-refractivity contribution in [2.45, 2.75) is 13.8 Å². The maximum Gasteiger partial charge on any atom is 0.0743 e. The van der Waals surface area contributed by atoms with Crippen LogP contribution in [-0.2, 0) is 0 Å². The first-order valence-corrected chi connectivity index (χ1v) is 9.00. The Morgan fingerprint density at radius 3 is 2.86 bits per heavy atom. The summed E-state index contributed by atoms with van der Waals surface area (Å²) >= 11 is 5.96. The van der Waals surface area contributed by atoms with Gasteiger partial charge in [-0.2, -0.15) is 5.10 Å². The first kappa shape index (κ1) is 10.8. The number of hydrogen-bond acceptors (Lipinski definition) is 1. The van der Waals surface area contributed by atoms with Crippen molar-refractivity contribution in [2.75, 3.05) is 0 Å². The normalized spacial score (nSPS) is 12.0. The number of aryl methyl sites for hydroxylation is 1. The number of rotatable bonds is 1. The smallest absolute Gasteiger partial charge is 0.0743 e. The van der Waals surface area contributed by atoms with Crippen molar-refractivity contribution >= 4 is 55.2 Å². The van der Waals surface area contributed by atoms with Gasteiger partial charge in [0.25, 0.3) is 0 Å². The fourth-order valence-electron chi connectivity index (χ4n) is 1.42. The Balaban J connectivity index is 2.86. The molecule has 1 aromatic heterocycles. The topological polar surface area (TPSA) is 17.8 Å². The summed E-state index contributed by atoms with van der Waals surface area (Å²) in [5.41, 5.74) is 3.82. The molecule has 0 saturated carbocycles. The highest BCUT2D eigenvalue weighted by molar-refractivity contribution is 14.2. The van der Waals surface area contributed by atoms with Gasteiger partial charge in [0, 0.05) is 9.86 Å². The van der Waals surface area contributed by atoms with Gasteiger partial charge < -0.3 is 0 Å². The summed E-state index contributed by atoms with van der Waals surface area (Å²) in [5.74, 6) is 0. The van der Waals surface area contributed by atoms with Gasteiger partial charge in [0.05, 0.1) is 18.1 Å². The molecule has 14 heavy (non-hydrogen) atoms. The van der Waals surface area contributed by atoms with Crippen molar-refractivity contribution in [1.82, 2.24) is 9.55 Å². The average molecular weight is 383 g/mol. The van der Waals surface area contributed by atoms with E-state index < -0.39 is 0 Å². The number of nitrogens with zero attached hydrogens (tertiary/aromatic N) is 2. The molecule has 1 heterocycles. The van der Waals surface area contributed by atoms with E-state index in [0.29, 0.717) is 6.37 Å². The summed E-state index contributed by atoms with van der Waals surface area (Å²) in [6.45, 7) is 4.26. The molecule has 74 valence electrons. The molecular formula is C9H9BrIN2P. The predicted molar refractivity (Wildman–Crippen MR) is 74.6 cm³/mol. The highest BCUT2D eigenvalue weighted by Crippen LogP contribution is 2.34. The molecule has 0 bridgehead atoms. The van der Waals surface area contributed by atoms with Crippen LogP contribution in [0, 0.1) is 13.8 Å². The van der Waals surface area contributed by atoms with E-state index >= 15 is 0 Å². The molecule has 2 nitrogen and oxygen atoms in total. The monoisotopic (exact) mass is 382 g/mol. The molecule has 0 saturated heterocycles. The second-order valence-corrected chi connectivity index (χ2v) is 6.04. The predicted octanol–water partition coefficient (Wildman–Crippen LogP) is 4.21. The SMILES string of the molecule is Cc1cc2c(cnn2PI)c(Br)c1C. The third-order valence-corrected chi connectivity index (χ3v) is 5.31. The zero-order valence-corrected chi connectivity index (χ0v) is 12.5. The minimum Gasteiger partial charge on any atom is -0.237 e. The van der Waals surface area contributed by atoms with Crippen molar-refractivity contribution in [3.05, 3.63) is 27.9 Å². The summed E-state index contributed by atoms with van der Waals surface area (Å²) in [6, 6.07) is 2.20. The molecule has 2 aromatic rings. The summed E-state index contributed by atoms with van der Waals surface area (Å²) in [4.78, 5) is 0. The summed E-state index contributed by atoms with van der Waals surface area (Å²) < 4.78 is 3.21. The van der Waals surface area contributed by atoms with Gasteiger partial charge >= 0.3 is 0 Å². The summed E-state index contributed by atoms with van der Waals surface area (Å²) in [5, 5.41) is 5.55. The first-order chi connectivity index (χ1) is 6.65. The number of aromatic nitrogens is 2. The van der Waals surface area contributed by atoms with Crippen LogP contribution in [0.15, 0.2) is 16.7 Å². The molecular weight excluding hydrogens is 374 g/mol. The van der Waals surface area contributed by atoms with Gasteiger partial charge in [-0.05, 0) is 69.0 Å². The molecule has 2 rings (SSSR count). The first-order valence-electron chi connectivity index (χ1n) is 4.15. The van der Waals surface area contributed by atoms with Crippen LogP contribution in [0.4, 0.5) is 0 Å². The minimum absolute atomic E-state index is 0.653. The molecule has 0 fully saturated rings. The van der Waals surface area contributed by atoms with Gasteiger partial charge in [-0.25, -0.2) is 4.45 Å². The van der Waals surface area contributed by atoms with E-state index in [-0.39, 0.29) is 0 Å². The average Bonchev–Trinajstić information content (AvgIpc) is 2.57. The van der Waals surface area contributed by atoms with Gasteiger partial charge in [-0.3, -0.25) is 0 Å². The van der Waals surface area contributed by atoms with E-state index in [0.717, 1.165) is 0 Å². The summed E-state index contributed by atoms with van der Waals surface area (Å²) in [7, 11) is 0. The van der Waals surface area contributed by atoms with Crippen LogP contribution in [0.2, 0.25) is 0 Å². The van der Waals surface area contributed by atoms with E-state index in [1.807, 2.05) is 10.6 Å². The van der Waals surface area contributed by atoms with E-state index in [2.05, 4.69) is 63.0 Å². The van der Waals surface area contributed by atoms with Crippen molar-refractivity contribution in [2.24, 2.45) is 0 Å². The fourth-order valence-corrected chi connectivity index (χ4v) is 3.57. The van der Waals surface area contributed by atoms with Crippen molar-refractivity contribution in [3.63, 3.8) is 0 Å². The maximum atomic E-state index is 4.35. The highest BCUT2D eigenvalue weighted by atomic mass is 127. The zero-order chi connectivity index (χ0) is 10.3. The van der Waals surface area contributed by atoms with Crippen molar-refractivity contribution in [1.29, 1.82) is 0 Å². The number of fused-ring (bicyclic) bond motifs is 1. The van der Waals surface area contributed by atoms with Gasteiger partial charge in [0.15, 0.2) is 0 Å². The molecule has 1 aromatic carbocycles. The van der Waals surface area contributed by atoms with Crippen LogP contribution in [-0.4, -0.2) is 9.55 Å². The fraction of sp³-hybridized carbons (Fsp3) is 0.222. The Bertz CT molecular complexity index is 495. The molecule has 0 aliphatic heterocycles. The lowest BCUT2D eigenvalue weighted by atomic mass is 10.1. The molecule has 1 unspecified atom stereocenters. The molecule has 0 spiro atoms. The van der Waals surface area contributed by atoms with E-state index in [1.165, 1.54) is 26.5 Å². The Hall–Kier alpha value is 0.330. The van der Waals surface area contributed by atoms with Crippen molar-refractivity contribution < 1.29 is 0 Å². The van der Waals surface area contributed by atoms with E-state index in [9.17, 15) is 0 Å². The quantitative estimate of drug-likeness (QED) is 0.533. The third kappa shape index (κ3) is 1.61. The Morgan fingerprint density at radius 2 is 2.21 bits per heavy atom. The molecule has 0 N–H and O–H groups in total. The third-order valence-electron chi connectivity index (χ3n) is 2.40. The van der Waals surface area contributed by atoms with Crippen LogP contribution in [0.25, 0.3) is 10.9 Å². The molecule has 0 aliphatic carbocycles. The molecule has 0 amide bonds. The Kier molecular flexibility index (Phi) is 3.15. The second kappa shape index (κ2) is 4.06. The van der Waals surface area contributed by atoms with E-state index in [4.69, 9.17) is 0 Å². The number of benzene rings is 1. The van der Waals surface area contributed by atoms with E-state index in [1.54, 1.807) is 0 Å². The lowest BCUT2D eigenvalue weighted by molar-refractivity contribution is 1.04. The maximum absolute atomic E-state index is 4.35. The molecule has 1 atom stereocenters. The minimum atomic E-state index is 0.653. The van der Waals surface area contributed by atoms with Gasteiger partial charge in [0.2, 0.25) is 0 Å². The van der Waals surface area contributed by atoms with Crippen molar-refractivity contribution in [3.8, 4) is 0 Å². The molecule has 5 heteroatoms. The lowest BCUT2D eigenvalue weighted by Gasteiger charge is -2.05. The highest BCUT2D eigenvalue weighted by Gasteiger charge is 2.09. The Morgan fingerprint density at radius 1 is 1.50 bits per heavy atom. The largest absolute Gasteiger partial charge is 0.237 e. The molecule has 0 aliphatic rings. The van der Waals surface area contributed by atoms with Crippen LogP contribution < -0.4 is 0 Å². The zero-order valence-electron chi connectivity index (χ0n) is 7.81. The lowest BCUT2D eigenvalue weighted by Crippen LogP contribution is -1.87. The number of halogens is 2. The van der Waals surface area contributed by atoms with Crippen LogP contribution in [0.5, 0.6) is 0 Å². The standard InChI is InChI=1S/C9H9BrIN2P/c1-5-3-8-7(9(10)6(5)2)4-12-13(8)14-11/h3-4,14H,1-2H3. The van der Waals surface area contributed by atoms with Gasteiger partial charge in [-0.15, -0.1) is 0 Å². The number of hydrogen-bond donors (Lipinski definition) is 0. The van der Waals surface area contributed by atoms with Crippen LogP contribution in [0.3, 0.4) is 0 Å². The molecule has 0 radical (unpaired) electrons. The summed E-state index contributed by atoms with van der Waals surface area (Å²) in [6.07, 6.45) is 2.58. The Labute approximate surface area is 106 Å². The second-order valence-electron chi connectivity index (χ2n) is 3.21.